The first-order valence-corrected chi connectivity index (χ1v) is 9.53. The van der Waals surface area contributed by atoms with E-state index in [-0.39, 0.29) is 12.1 Å². The zero-order valence-corrected chi connectivity index (χ0v) is 13.6. The average Bonchev–Trinajstić information content (AvgIpc) is 2.85. The molecule has 0 N–H and O–H groups in total. The Balaban J connectivity index is 1.91. The van der Waals surface area contributed by atoms with E-state index >= 15 is 0 Å². The topological polar surface area (TPSA) is 46.6 Å². The molecular weight excluding hydrogens is 350 g/mol. The Morgan fingerprint density at radius 1 is 1.32 bits per heavy atom. The van der Waals surface area contributed by atoms with Crippen LogP contribution in [0, 0.1) is 0 Å². The van der Waals surface area contributed by atoms with E-state index in [1.54, 1.807) is 16.4 Å². The summed E-state index contributed by atoms with van der Waals surface area (Å²) >= 11 is 4.60. The first-order valence-electron chi connectivity index (χ1n) is 6.48. The molecule has 0 bridgehead atoms. The number of thiophene rings is 1. The summed E-state index contributed by atoms with van der Waals surface area (Å²) in [5, 5.41) is 0. The van der Waals surface area contributed by atoms with Crippen molar-refractivity contribution in [3.8, 4) is 0 Å². The molecule has 1 saturated heterocycles. The van der Waals surface area contributed by atoms with Crippen molar-refractivity contribution in [3.05, 3.63) is 15.9 Å². The van der Waals surface area contributed by atoms with E-state index in [1.807, 2.05) is 0 Å². The van der Waals surface area contributed by atoms with Gasteiger partial charge in [0.25, 0.3) is 10.0 Å². The van der Waals surface area contributed by atoms with Crippen LogP contribution in [0.15, 0.2) is 20.1 Å². The second kappa shape index (κ2) is 5.44. The molecule has 1 saturated carbocycles. The number of sulfonamides is 1. The summed E-state index contributed by atoms with van der Waals surface area (Å²) in [7, 11) is -3.37. The Bertz CT molecular complexity index is 555. The summed E-state index contributed by atoms with van der Waals surface area (Å²) in [4.78, 5) is 0. The maximum Gasteiger partial charge on any atom is 0.253 e. The molecule has 1 aliphatic heterocycles. The molecule has 0 unspecified atom stereocenters. The van der Waals surface area contributed by atoms with Gasteiger partial charge in [0.05, 0.1) is 22.5 Å². The molecule has 2 aliphatic rings. The zero-order chi connectivity index (χ0) is 13.5. The number of morpholine rings is 1. The molecule has 0 spiro atoms. The number of rotatable bonds is 2. The molecule has 2 atom stereocenters. The molecule has 4 nitrogen and oxygen atoms in total. The van der Waals surface area contributed by atoms with E-state index in [1.165, 1.54) is 11.3 Å². The lowest BCUT2D eigenvalue weighted by molar-refractivity contribution is -0.0585. The fourth-order valence-corrected chi connectivity index (χ4v) is 6.71. The van der Waals surface area contributed by atoms with Gasteiger partial charge in [0.15, 0.2) is 0 Å². The summed E-state index contributed by atoms with van der Waals surface area (Å²) in [5.41, 5.74) is 0. The SMILES string of the molecule is O=S(=O)(c1ccc(Br)s1)N1CCO[C@H]2CCCC[C@@H]21. The van der Waals surface area contributed by atoms with E-state index < -0.39 is 10.0 Å². The van der Waals surface area contributed by atoms with Crippen LogP contribution in [0.2, 0.25) is 0 Å². The van der Waals surface area contributed by atoms with Crippen LogP contribution in [-0.2, 0) is 14.8 Å². The molecule has 106 valence electrons. The molecule has 19 heavy (non-hydrogen) atoms. The number of hydrogen-bond acceptors (Lipinski definition) is 4. The molecule has 7 heteroatoms. The quantitative estimate of drug-likeness (QED) is 0.809. The van der Waals surface area contributed by atoms with Crippen molar-refractivity contribution in [2.45, 2.75) is 42.0 Å². The number of fused-ring (bicyclic) bond motifs is 1. The predicted molar refractivity (Wildman–Crippen MR) is 77.9 cm³/mol. The minimum Gasteiger partial charge on any atom is -0.375 e. The Hall–Kier alpha value is 0.0500. The summed E-state index contributed by atoms with van der Waals surface area (Å²) in [6, 6.07) is 3.49. The predicted octanol–water partition coefficient (Wildman–Crippen LogP) is 2.84. The van der Waals surface area contributed by atoms with Gasteiger partial charge in [-0.3, -0.25) is 0 Å². The Morgan fingerprint density at radius 2 is 2.11 bits per heavy atom. The number of nitrogens with zero attached hydrogens (tertiary/aromatic N) is 1. The molecule has 3 rings (SSSR count). The molecule has 2 heterocycles. The van der Waals surface area contributed by atoms with Crippen LogP contribution in [-0.4, -0.2) is 38.0 Å². The van der Waals surface area contributed by atoms with Crippen molar-refractivity contribution >= 4 is 37.3 Å². The highest BCUT2D eigenvalue weighted by molar-refractivity contribution is 9.11. The highest BCUT2D eigenvalue weighted by Gasteiger charge is 2.41. The molecule has 1 aliphatic carbocycles. The zero-order valence-electron chi connectivity index (χ0n) is 10.4. The van der Waals surface area contributed by atoms with Gasteiger partial charge in [0.1, 0.15) is 4.21 Å². The van der Waals surface area contributed by atoms with E-state index in [9.17, 15) is 8.42 Å². The van der Waals surface area contributed by atoms with Crippen LogP contribution in [0.25, 0.3) is 0 Å². The third-order valence-corrected chi connectivity index (χ3v) is 7.81. The molecule has 0 aromatic carbocycles. The van der Waals surface area contributed by atoms with Crippen LogP contribution in [0.3, 0.4) is 0 Å². The highest BCUT2D eigenvalue weighted by Crippen LogP contribution is 2.35. The van der Waals surface area contributed by atoms with Gasteiger partial charge in [-0.2, -0.15) is 4.31 Å². The lowest BCUT2D eigenvalue weighted by Gasteiger charge is -2.42. The third kappa shape index (κ3) is 2.63. The number of ether oxygens (including phenoxy) is 1. The van der Waals surface area contributed by atoms with E-state index in [4.69, 9.17) is 4.74 Å². The van der Waals surface area contributed by atoms with Crippen LogP contribution in [0.1, 0.15) is 25.7 Å². The monoisotopic (exact) mass is 365 g/mol. The van der Waals surface area contributed by atoms with Gasteiger partial charge < -0.3 is 4.74 Å². The van der Waals surface area contributed by atoms with Crippen molar-refractivity contribution in [1.29, 1.82) is 0 Å². The van der Waals surface area contributed by atoms with Crippen LogP contribution < -0.4 is 0 Å². The van der Waals surface area contributed by atoms with E-state index in [2.05, 4.69) is 15.9 Å². The molecule has 1 aromatic rings. The van der Waals surface area contributed by atoms with Gasteiger partial charge in [0, 0.05) is 6.54 Å². The van der Waals surface area contributed by atoms with Crippen LogP contribution in [0.4, 0.5) is 0 Å². The van der Waals surface area contributed by atoms with Gasteiger partial charge in [-0.1, -0.05) is 12.8 Å². The molecule has 0 radical (unpaired) electrons. The highest BCUT2D eigenvalue weighted by atomic mass is 79.9. The maximum absolute atomic E-state index is 12.7. The lowest BCUT2D eigenvalue weighted by atomic mass is 9.91. The van der Waals surface area contributed by atoms with Crippen molar-refractivity contribution in [3.63, 3.8) is 0 Å². The number of hydrogen-bond donors (Lipinski definition) is 0. The van der Waals surface area contributed by atoms with Crippen molar-refractivity contribution in [2.75, 3.05) is 13.2 Å². The third-order valence-electron chi connectivity index (χ3n) is 3.79. The van der Waals surface area contributed by atoms with Gasteiger partial charge >= 0.3 is 0 Å². The van der Waals surface area contributed by atoms with Gasteiger partial charge in [-0.15, -0.1) is 11.3 Å². The van der Waals surface area contributed by atoms with Gasteiger partial charge in [0.2, 0.25) is 0 Å². The first kappa shape index (κ1) is 14.0. The fraction of sp³-hybridized carbons (Fsp3) is 0.667. The fourth-order valence-electron chi connectivity index (χ4n) is 2.91. The summed E-state index contributed by atoms with van der Waals surface area (Å²) in [6.45, 7) is 0.978. The lowest BCUT2D eigenvalue weighted by Crippen LogP contribution is -2.54. The minimum absolute atomic E-state index is 0.0216. The molecular formula is C12H16BrNO3S2. The Morgan fingerprint density at radius 3 is 2.84 bits per heavy atom. The standard InChI is InChI=1S/C12H16BrNO3S2/c13-11-5-6-12(18-11)19(15,16)14-7-8-17-10-4-2-1-3-9(10)14/h5-6,9-10H,1-4,7-8H2/t9-,10-/m0/s1. The average molecular weight is 366 g/mol. The summed E-state index contributed by atoms with van der Waals surface area (Å²) in [5.74, 6) is 0. The molecule has 1 aromatic heterocycles. The number of halogens is 1. The van der Waals surface area contributed by atoms with Crippen LogP contribution in [0.5, 0.6) is 0 Å². The van der Waals surface area contributed by atoms with Crippen molar-refractivity contribution < 1.29 is 13.2 Å². The summed E-state index contributed by atoms with van der Waals surface area (Å²) < 4.78 is 34.1. The normalized spacial score (nSPS) is 29.1. The smallest absolute Gasteiger partial charge is 0.253 e. The maximum atomic E-state index is 12.7. The van der Waals surface area contributed by atoms with Crippen LogP contribution >= 0.6 is 27.3 Å². The Kier molecular flexibility index (Phi) is 4.01. The van der Waals surface area contributed by atoms with Crippen molar-refractivity contribution in [2.24, 2.45) is 0 Å². The second-order valence-corrected chi connectivity index (χ2v) is 9.52. The second-order valence-electron chi connectivity index (χ2n) is 4.94. The molecule has 2 fully saturated rings. The van der Waals surface area contributed by atoms with E-state index in [0.29, 0.717) is 17.4 Å². The molecule has 0 amide bonds. The van der Waals surface area contributed by atoms with Crippen molar-refractivity contribution in [1.82, 2.24) is 4.31 Å². The summed E-state index contributed by atoms with van der Waals surface area (Å²) in [6.07, 6.45) is 4.20. The first-order chi connectivity index (χ1) is 9.09. The van der Waals surface area contributed by atoms with Gasteiger partial charge in [-0.25, -0.2) is 8.42 Å². The largest absolute Gasteiger partial charge is 0.375 e. The van der Waals surface area contributed by atoms with Gasteiger partial charge in [-0.05, 0) is 40.9 Å². The minimum atomic E-state index is -3.37. The van der Waals surface area contributed by atoms with E-state index in [0.717, 1.165) is 29.5 Å². The Labute approximate surface area is 125 Å².